The monoisotopic (exact) mass is 430 g/mol. The highest BCUT2D eigenvalue weighted by Gasteiger charge is 2.26. The average Bonchev–Trinajstić information content (AvgIpc) is 2.77. The summed E-state index contributed by atoms with van der Waals surface area (Å²) in [6, 6.07) is 15.0. The molecule has 5 N–H and O–H groups in total. The molecular formula is C26H30N4O2. The molecule has 1 aliphatic heterocycles. The van der Waals surface area contributed by atoms with E-state index in [1.807, 2.05) is 38.2 Å². The first-order valence-corrected chi connectivity index (χ1v) is 11.0. The van der Waals surface area contributed by atoms with Crippen molar-refractivity contribution in [3.05, 3.63) is 88.1 Å². The summed E-state index contributed by atoms with van der Waals surface area (Å²) in [7, 11) is 0. The number of phenols is 1. The van der Waals surface area contributed by atoms with Gasteiger partial charge in [-0.1, -0.05) is 30.3 Å². The van der Waals surface area contributed by atoms with Crippen LogP contribution in [-0.4, -0.2) is 28.6 Å². The van der Waals surface area contributed by atoms with Gasteiger partial charge in [0.1, 0.15) is 11.6 Å². The molecule has 0 saturated heterocycles. The normalized spacial score (nSPS) is 16.0. The molecular weight excluding hydrogens is 400 g/mol. The summed E-state index contributed by atoms with van der Waals surface area (Å²) in [6.07, 6.45) is 3.89. The molecule has 6 heteroatoms. The number of carbonyl (C=O) groups excluding carboxylic acids is 1. The second-order valence-electron chi connectivity index (χ2n) is 8.59. The molecule has 1 aliphatic rings. The maximum atomic E-state index is 13.0. The third-order valence-corrected chi connectivity index (χ3v) is 6.08. The minimum atomic E-state index is -0.671. The van der Waals surface area contributed by atoms with Crippen LogP contribution < -0.4 is 16.4 Å². The van der Waals surface area contributed by atoms with Gasteiger partial charge in [0, 0.05) is 18.3 Å². The second-order valence-corrected chi connectivity index (χ2v) is 8.59. The third kappa shape index (κ3) is 4.92. The summed E-state index contributed by atoms with van der Waals surface area (Å²) >= 11 is 0. The van der Waals surface area contributed by atoms with Crippen LogP contribution in [0, 0.1) is 13.8 Å². The number of phenolic OH excluding ortho intramolecular Hbond substituents is 1. The van der Waals surface area contributed by atoms with Crippen molar-refractivity contribution in [1.29, 1.82) is 0 Å². The molecule has 32 heavy (non-hydrogen) atoms. The fourth-order valence-electron chi connectivity index (χ4n) is 4.39. The number of carbonyl (C=O) groups is 1. The first kappa shape index (κ1) is 21.8. The fourth-order valence-corrected chi connectivity index (χ4v) is 4.39. The Bertz CT molecular complexity index is 1090. The van der Waals surface area contributed by atoms with Crippen molar-refractivity contribution in [2.75, 3.05) is 11.9 Å². The topological polar surface area (TPSA) is 100 Å². The van der Waals surface area contributed by atoms with Crippen molar-refractivity contribution in [1.82, 2.24) is 10.3 Å². The molecule has 4 rings (SSSR count). The lowest BCUT2D eigenvalue weighted by Gasteiger charge is -2.28. The molecule has 6 nitrogen and oxygen atoms in total. The number of amides is 1. The summed E-state index contributed by atoms with van der Waals surface area (Å²) in [5.41, 5.74) is 12.5. The summed E-state index contributed by atoms with van der Waals surface area (Å²) in [5, 5.41) is 16.2. The maximum absolute atomic E-state index is 13.0. The summed E-state index contributed by atoms with van der Waals surface area (Å²) in [4.78, 5) is 17.6. The maximum Gasteiger partial charge on any atom is 0.237 e. The van der Waals surface area contributed by atoms with E-state index in [4.69, 9.17) is 5.73 Å². The van der Waals surface area contributed by atoms with Crippen LogP contribution in [0.15, 0.2) is 54.7 Å². The molecule has 0 aliphatic carbocycles. The van der Waals surface area contributed by atoms with Crippen LogP contribution in [0.4, 0.5) is 5.82 Å². The number of nitrogens with one attached hydrogen (secondary N) is 2. The first-order chi connectivity index (χ1) is 15.4. The Morgan fingerprint density at radius 3 is 2.62 bits per heavy atom. The fraction of sp³-hybridized carbons (Fsp3) is 0.308. The van der Waals surface area contributed by atoms with Crippen LogP contribution in [0.3, 0.4) is 0 Å². The van der Waals surface area contributed by atoms with E-state index in [1.54, 1.807) is 12.1 Å². The van der Waals surface area contributed by atoms with E-state index in [9.17, 15) is 9.90 Å². The highest BCUT2D eigenvalue weighted by Crippen LogP contribution is 2.30. The van der Waals surface area contributed by atoms with E-state index in [-0.39, 0.29) is 17.7 Å². The van der Waals surface area contributed by atoms with Gasteiger partial charge in [-0.3, -0.25) is 4.79 Å². The number of aromatic nitrogens is 1. The van der Waals surface area contributed by atoms with Crippen molar-refractivity contribution in [3.63, 3.8) is 0 Å². The lowest BCUT2D eigenvalue weighted by molar-refractivity contribution is -0.123. The highest BCUT2D eigenvalue weighted by molar-refractivity contribution is 5.82. The number of nitrogens with two attached hydrogens (primary N) is 1. The smallest absolute Gasteiger partial charge is 0.237 e. The largest absolute Gasteiger partial charge is 0.508 e. The minimum absolute atomic E-state index is 0.130. The number of benzene rings is 2. The number of aromatic hydroxyl groups is 1. The van der Waals surface area contributed by atoms with Crippen LogP contribution >= 0.6 is 0 Å². The molecule has 2 heterocycles. The van der Waals surface area contributed by atoms with E-state index in [2.05, 4.69) is 33.8 Å². The van der Waals surface area contributed by atoms with E-state index >= 15 is 0 Å². The van der Waals surface area contributed by atoms with Crippen molar-refractivity contribution < 1.29 is 9.90 Å². The van der Waals surface area contributed by atoms with Crippen LogP contribution in [0.5, 0.6) is 5.75 Å². The van der Waals surface area contributed by atoms with E-state index in [0.29, 0.717) is 6.42 Å². The Labute approximate surface area is 188 Å². The number of rotatable bonds is 6. The van der Waals surface area contributed by atoms with Gasteiger partial charge in [0.25, 0.3) is 0 Å². The molecule has 0 saturated carbocycles. The Morgan fingerprint density at radius 2 is 1.91 bits per heavy atom. The van der Waals surface area contributed by atoms with Crippen LogP contribution in [0.1, 0.15) is 45.8 Å². The number of hydrogen-bond acceptors (Lipinski definition) is 5. The van der Waals surface area contributed by atoms with Crippen molar-refractivity contribution in [3.8, 4) is 5.75 Å². The molecule has 1 aromatic heterocycles. The van der Waals surface area contributed by atoms with Gasteiger partial charge in [0.15, 0.2) is 0 Å². The SMILES string of the molecule is Cc1cc(O)cc(C)c1C[C@H](N)C(=O)N[C@@H]1CCNc2ncc(Cc3ccccc3)cc21. The molecule has 0 spiro atoms. The van der Waals surface area contributed by atoms with Crippen LogP contribution in [-0.2, 0) is 17.6 Å². The number of aryl methyl sites for hydroxylation is 2. The lowest BCUT2D eigenvalue weighted by Crippen LogP contribution is -2.45. The molecule has 3 aromatic rings. The molecule has 2 atom stereocenters. The number of anilines is 1. The third-order valence-electron chi connectivity index (χ3n) is 6.08. The van der Waals surface area contributed by atoms with Crippen molar-refractivity contribution in [2.45, 2.75) is 45.2 Å². The summed E-state index contributed by atoms with van der Waals surface area (Å²) < 4.78 is 0. The number of hydrogen-bond donors (Lipinski definition) is 4. The first-order valence-electron chi connectivity index (χ1n) is 11.0. The highest BCUT2D eigenvalue weighted by atomic mass is 16.3. The number of fused-ring (bicyclic) bond motifs is 1. The van der Waals surface area contributed by atoms with Crippen molar-refractivity contribution in [2.24, 2.45) is 5.73 Å². The summed E-state index contributed by atoms with van der Waals surface area (Å²) in [5.74, 6) is 0.868. The molecule has 0 bridgehead atoms. The minimum Gasteiger partial charge on any atom is -0.508 e. The van der Waals surface area contributed by atoms with Gasteiger partial charge < -0.3 is 21.5 Å². The van der Waals surface area contributed by atoms with Gasteiger partial charge in [-0.05, 0) is 79.1 Å². The van der Waals surface area contributed by atoms with Gasteiger partial charge >= 0.3 is 0 Å². The predicted octanol–water partition coefficient (Wildman–Crippen LogP) is 3.54. The predicted molar refractivity (Wildman–Crippen MR) is 127 cm³/mol. The molecule has 0 radical (unpaired) electrons. The number of pyridine rings is 1. The molecule has 166 valence electrons. The Hall–Kier alpha value is -3.38. The Kier molecular flexibility index (Phi) is 6.42. The molecule has 2 aromatic carbocycles. The Morgan fingerprint density at radius 1 is 1.19 bits per heavy atom. The van der Waals surface area contributed by atoms with Gasteiger partial charge in [-0.15, -0.1) is 0 Å². The summed E-state index contributed by atoms with van der Waals surface area (Å²) in [6.45, 7) is 4.60. The van der Waals surface area contributed by atoms with Gasteiger partial charge in [-0.2, -0.15) is 0 Å². The standard InChI is InChI=1S/C26H30N4O2/c1-16-10-20(31)11-17(2)21(16)14-23(27)26(32)30-24-8-9-28-25-22(24)13-19(15-29-25)12-18-6-4-3-5-7-18/h3-7,10-11,13,15,23-24,31H,8-9,12,14,27H2,1-2H3,(H,28,29)(H,30,32)/t23-,24+/m0/s1. The van der Waals surface area contributed by atoms with Crippen LogP contribution in [0.25, 0.3) is 0 Å². The quantitative estimate of drug-likeness (QED) is 0.479. The molecule has 0 fully saturated rings. The van der Waals surface area contributed by atoms with E-state index < -0.39 is 6.04 Å². The zero-order valence-electron chi connectivity index (χ0n) is 18.6. The van der Waals surface area contributed by atoms with Crippen molar-refractivity contribution >= 4 is 11.7 Å². The zero-order valence-corrected chi connectivity index (χ0v) is 18.6. The van der Waals surface area contributed by atoms with E-state index in [1.165, 1.54) is 5.56 Å². The van der Waals surface area contributed by atoms with E-state index in [0.717, 1.165) is 53.0 Å². The van der Waals surface area contributed by atoms with Gasteiger partial charge in [0.2, 0.25) is 5.91 Å². The second kappa shape index (κ2) is 9.40. The number of nitrogens with zero attached hydrogens (tertiary/aromatic N) is 1. The molecule has 1 amide bonds. The zero-order chi connectivity index (χ0) is 22.7. The lowest BCUT2D eigenvalue weighted by atomic mass is 9.94. The van der Waals surface area contributed by atoms with Crippen LogP contribution in [0.2, 0.25) is 0 Å². The van der Waals surface area contributed by atoms with Gasteiger partial charge in [0.05, 0.1) is 12.1 Å². The Balaban J connectivity index is 1.48. The average molecular weight is 431 g/mol. The molecule has 0 unspecified atom stereocenters. The van der Waals surface area contributed by atoms with Gasteiger partial charge in [-0.25, -0.2) is 4.98 Å².